The van der Waals surface area contributed by atoms with Gasteiger partial charge in [0.2, 0.25) is 0 Å². The van der Waals surface area contributed by atoms with Crippen LogP contribution in [-0.4, -0.2) is 19.6 Å². The zero-order valence-corrected chi connectivity index (χ0v) is 14.6. The SMILES string of the molecule is CCCCOc1ccc(CNC(=O)c2ccc(C)cc2)cc1OC. The molecule has 0 saturated carbocycles. The molecule has 0 aliphatic rings. The van der Waals surface area contributed by atoms with E-state index < -0.39 is 0 Å². The van der Waals surface area contributed by atoms with Gasteiger partial charge in [0.1, 0.15) is 0 Å². The third-order valence-electron chi connectivity index (χ3n) is 3.75. The van der Waals surface area contributed by atoms with Gasteiger partial charge in [-0.05, 0) is 43.2 Å². The van der Waals surface area contributed by atoms with Crippen LogP contribution in [0.15, 0.2) is 42.5 Å². The van der Waals surface area contributed by atoms with Crippen LogP contribution in [0, 0.1) is 6.92 Å². The lowest BCUT2D eigenvalue weighted by atomic mass is 10.1. The Bertz CT molecular complexity index is 665. The molecule has 24 heavy (non-hydrogen) atoms. The van der Waals surface area contributed by atoms with Crippen LogP contribution in [0.3, 0.4) is 0 Å². The Morgan fingerprint density at radius 1 is 1.08 bits per heavy atom. The number of ether oxygens (including phenoxy) is 2. The first-order chi connectivity index (χ1) is 11.6. The number of nitrogens with one attached hydrogen (secondary N) is 1. The molecule has 0 aliphatic heterocycles. The van der Waals surface area contributed by atoms with Gasteiger partial charge < -0.3 is 14.8 Å². The number of rotatable bonds is 8. The van der Waals surface area contributed by atoms with Crippen molar-refractivity contribution in [3.63, 3.8) is 0 Å². The highest BCUT2D eigenvalue weighted by atomic mass is 16.5. The molecule has 2 aromatic carbocycles. The summed E-state index contributed by atoms with van der Waals surface area (Å²) in [6, 6.07) is 13.3. The van der Waals surface area contributed by atoms with E-state index in [1.54, 1.807) is 7.11 Å². The molecule has 4 heteroatoms. The third kappa shape index (κ3) is 5.01. The summed E-state index contributed by atoms with van der Waals surface area (Å²) in [6.07, 6.45) is 2.10. The third-order valence-corrected chi connectivity index (χ3v) is 3.75. The van der Waals surface area contributed by atoms with Crippen molar-refractivity contribution >= 4 is 5.91 Å². The number of hydrogen-bond donors (Lipinski definition) is 1. The summed E-state index contributed by atoms with van der Waals surface area (Å²) in [7, 11) is 1.62. The quantitative estimate of drug-likeness (QED) is 0.742. The number of benzene rings is 2. The van der Waals surface area contributed by atoms with Gasteiger partial charge in [-0.25, -0.2) is 0 Å². The molecule has 4 nitrogen and oxygen atoms in total. The van der Waals surface area contributed by atoms with E-state index in [1.165, 1.54) is 0 Å². The summed E-state index contributed by atoms with van der Waals surface area (Å²) in [5, 5.41) is 2.92. The molecule has 1 amide bonds. The molecule has 0 radical (unpaired) electrons. The van der Waals surface area contributed by atoms with Crippen molar-refractivity contribution in [2.75, 3.05) is 13.7 Å². The van der Waals surface area contributed by atoms with Crippen molar-refractivity contribution in [2.45, 2.75) is 33.2 Å². The average molecular weight is 327 g/mol. The first-order valence-electron chi connectivity index (χ1n) is 8.28. The monoisotopic (exact) mass is 327 g/mol. The van der Waals surface area contributed by atoms with Crippen LogP contribution in [0.1, 0.15) is 41.3 Å². The molecule has 0 fully saturated rings. The second-order valence-electron chi connectivity index (χ2n) is 5.74. The molecule has 0 bridgehead atoms. The highest BCUT2D eigenvalue weighted by Gasteiger charge is 2.08. The Hall–Kier alpha value is -2.49. The summed E-state index contributed by atoms with van der Waals surface area (Å²) < 4.78 is 11.1. The average Bonchev–Trinajstić information content (AvgIpc) is 2.61. The maximum Gasteiger partial charge on any atom is 0.251 e. The first kappa shape index (κ1) is 17.9. The molecule has 2 aromatic rings. The molecular formula is C20H25NO3. The number of hydrogen-bond acceptors (Lipinski definition) is 3. The summed E-state index contributed by atoms with van der Waals surface area (Å²) >= 11 is 0. The number of amides is 1. The van der Waals surface area contributed by atoms with Crippen LogP contribution in [0.2, 0.25) is 0 Å². The molecule has 0 atom stereocenters. The van der Waals surface area contributed by atoms with Gasteiger partial charge in [-0.2, -0.15) is 0 Å². The Morgan fingerprint density at radius 3 is 2.50 bits per heavy atom. The Balaban J connectivity index is 1.96. The fourth-order valence-electron chi connectivity index (χ4n) is 2.26. The fraction of sp³-hybridized carbons (Fsp3) is 0.350. The van der Waals surface area contributed by atoms with E-state index in [9.17, 15) is 4.79 Å². The summed E-state index contributed by atoms with van der Waals surface area (Å²) in [5.41, 5.74) is 2.76. The normalized spacial score (nSPS) is 10.3. The molecule has 2 rings (SSSR count). The van der Waals surface area contributed by atoms with E-state index in [-0.39, 0.29) is 5.91 Å². The van der Waals surface area contributed by atoms with Crippen LogP contribution in [-0.2, 0) is 6.54 Å². The van der Waals surface area contributed by atoms with Crippen LogP contribution in [0.4, 0.5) is 0 Å². The minimum absolute atomic E-state index is 0.0859. The largest absolute Gasteiger partial charge is 0.493 e. The highest BCUT2D eigenvalue weighted by Crippen LogP contribution is 2.28. The summed E-state index contributed by atoms with van der Waals surface area (Å²) in [4.78, 5) is 12.2. The molecular weight excluding hydrogens is 302 g/mol. The summed E-state index contributed by atoms with van der Waals surface area (Å²) in [6.45, 7) is 5.24. The van der Waals surface area contributed by atoms with E-state index in [2.05, 4.69) is 12.2 Å². The standard InChI is InChI=1S/C20H25NO3/c1-4-5-12-24-18-11-8-16(13-19(18)23-3)14-21-20(22)17-9-6-15(2)7-10-17/h6-11,13H,4-5,12,14H2,1-3H3,(H,21,22). The predicted molar refractivity (Wildman–Crippen MR) is 95.7 cm³/mol. The first-order valence-corrected chi connectivity index (χ1v) is 8.28. The van der Waals surface area contributed by atoms with Crippen molar-refractivity contribution in [3.05, 3.63) is 59.2 Å². The zero-order valence-electron chi connectivity index (χ0n) is 14.6. The highest BCUT2D eigenvalue weighted by molar-refractivity contribution is 5.94. The molecule has 0 aromatic heterocycles. The van der Waals surface area contributed by atoms with Gasteiger partial charge in [0.25, 0.3) is 5.91 Å². The Labute approximate surface area is 143 Å². The number of aryl methyl sites for hydroxylation is 1. The second kappa shape index (κ2) is 8.96. The maximum absolute atomic E-state index is 12.2. The van der Waals surface area contributed by atoms with Gasteiger partial charge in [0.05, 0.1) is 13.7 Å². The van der Waals surface area contributed by atoms with Crippen molar-refractivity contribution in [3.8, 4) is 11.5 Å². The van der Waals surface area contributed by atoms with Gasteiger partial charge in [0, 0.05) is 12.1 Å². The van der Waals surface area contributed by atoms with Gasteiger partial charge in [-0.15, -0.1) is 0 Å². The minimum Gasteiger partial charge on any atom is -0.493 e. The van der Waals surface area contributed by atoms with Crippen molar-refractivity contribution < 1.29 is 14.3 Å². The van der Waals surface area contributed by atoms with E-state index in [1.807, 2.05) is 49.4 Å². The number of carbonyl (C=O) groups excluding carboxylic acids is 1. The van der Waals surface area contributed by atoms with Crippen LogP contribution < -0.4 is 14.8 Å². The molecule has 0 saturated heterocycles. The van der Waals surface area contributed by atoms with E-state index in [0.29, 0.717) is 24.5 Å². The van der Waals surface area contributed by atoms with Crippen LogP contribution in [0.5, 0.6) is 11.5 Å². The van der Waals surface area contributed by atoms with E-state index in [0.717, 1.165) is 29.7 Å². The van der Waals surface area contributed by atoms with Crippen LogP contribution >= 0.6 is 0 Å². The number of unbranched alkanes of at least 4 members (excludes halogenated alkanes) is 1. The molecule has 0 unspecified atom stereocenters. The zero-order chi connectivity index (χ0) is 17.4. The van der Waals surface area contributed by atoms with Crippen molar-refractivity contribution in [1.82, 2.24) is 5.32 Å². The maximum atomic E-state index is 12.2. The van der Waals surface area contributed by atoms with Gasteiger partial charge in [0.15, 0.2) is 11.5 Å². The lowest BCUT2D eigenvalue weighted by molar-refractivity contribution is 0.0951. The fourth-order valence-corrected chi connectivity index (χ4v) is 2.26. The molecule has 0 spiro atoms. The Morgan fingerprint density at radius 2 is 1.83 bits per heavy atom. The lowest BCUT2D eigenvalue weighted by Crippen LogP contribution is -2.22. The van der Waals surface area contributed by atoms with Gasteiger partial charge in [-0.3, -0.25) is 4.79 Å². The second-order valence-corrected chi connectivity index (χ2v) is 5.74. The number of carbonyl (C=O) groups is 1. The molecule has 0 aliphatic carbocycles. The van der Waals surface area contributed by atoms with Crippen molar-refractivity contribution in [1.29, 1.82) is 0 Å². The minimum atomic E-state index is -0.0859. The van der Waals surface area contributed by atoms with Crippen LogP contribution in [0.25, 0.3) is 0 Å². The van der Waals surface area contributed by atoms with Gasteiger partial charge in [-0.1, -0.05) is 37.1 Å². The summed E-state index contributed by atoms with van der Waals surface area (Å²) in [5.74, 6) is 1.34. The van der Waals surface area contributed by atoms with Crippen molar-refractivity contribution in [2.24, 2.45) is 0 Å². The lowest BCUT2D eigenvalue weighted by Gasteiger charge is -2.12. The van der Waals surface area contributed by atoms with Gasteiger partial charge >= 0.3 is 0 Å². The topological polar surface area (TPSA) is 47.6 Å². The smallest absolute Gasteiger partial charge is 0.251 e. The number of methoxy groups -OCH3 is 1. The molecule has 1 N–H and O–H groups in total. The molecule has 0 heterocycles. The molecule has 128 valence electrons. The Kier molecular flexibility index (Phi) is 6.67. The predicted octanol–water partition coefficient (Wildman–Crippen LogP) is 4.11. The van der Waals surface area contributed by atoms with E-state index in [4.69, 9.17) is 9.47 Å². The van der Waals surface area contributed by atoms with E-state index >= 15 is 0 Å².